The number of fused-ring (bicyclic) bond motifs is 1. The fourth-order valence-corrected chi connectivity index (χ4v) is 2.80. The Hall–Kier alpha value is -1.59. The first-order chi connectivity index (χ1) is 10.9. The van der Waals surface area contributed by atoms with E-state index in [9.17, 15) is 0 Å². The fourth-order valence-electron chi connectivity index (χ4n) is 2.80. The van der Waals surface area contributed by atoms with Crippen molar-refractivity contribution in [3.05, 3.63) is 60.7 Å². The van der Waals surface area contributed by atoms with Gasteiger partial charge in [-0.25, -0.2) is 0 Å². The number of benzene rings is 2. The first-order valence-corrected chi connectivity index (χ1v) is 7.54. The molecular weight excluding hydrogens is 278 g/mol. The maximum atomic E-state index is 5.99. The molecule has 0 saturated carbocycles. The van der Waals surface area contributed by atoms with Gasteiger partial charge in [-0.3, -0.25) is 0 Å². The van der Waals surface area contributed by atoms with E-state index in [1.807, 2.05) is 60.7 Å². The Morgan fingerprint density at radius 3 is 1.45 bits per heavy atom. The van der Waals surface area contributed by atoms with E-state index >= 15 is 0 Å². The molecular formula is C16H16B2O4. The molecule has 2 aromatic rings. The van der Waals surface area contributed by atoms with Gasteiger partial charge in [0.1, 0.15) is 0 Å². The summed E-state index contributed by atoms with van der Waals surface area (Å²) >= 11 is 0. The molecule has 2 fully saturated rings. The Kier molecular flexibility index (Phi) is 3.99. The van der Waals surface area contributed by atoms with Gasteiger partial charge in [-0.2, -0.15) is 0 Å². The Balaban J connectivity index is 1.43. The summed E-state index contributed by atoms with van der Waals surface area (Å²) in [7, 11) is -0.689. The number of hydrogen-bond donors (Lipinski definition) is 0. The molecule has 2 aliphatic heterocycles. The average molecular weight is 294 g/mol. The number of rotatable bonds is 2. The third kappa shape index (κ3) is 2.83. The van der Waals surface area contributed by atoms with Crippen LogP contribution in [0.5, 0.6) is 0 Å². The molecule has 110 valence electrons. The van der Waals surface area contributed by atoms with Gasteiger partial charge >= 0.3 is 14.2 Å². The largest absolute Gasteiger partial charge is 0.494 e. The Labute approximate surface area is 130 Å². The maximum absolute atomic E-state index is 5.99. The second kappa shape index (κ2) is 6.26. The topological polar surface area (TPSA) is 36.9 Å². The van der Waals surface area contributed by atoms with Gasteiger partial charge in [0.15, 0.2) is 0 Å². The maximum Gasteiger partial charge on any atom is 0.494 e. The molecule has 22 heavy (non-hydrogen) atoms. The average Bonchev–Trinajstić information content (AvgIpc) is 2.62. The highest BCUT2D eigenvalue weighted by Crippen LogP contribution is 2.20. The summed E-state index contributed by atoms with van der Waals surface area (Å²) in [6.45, 7) is 1.02. The van der Waals surface area contributed by atoms with Crippen molar-refractivity contribution in [2.75, 3.05) is 13.2 Å². The molecule has 0 aromatic heterocycles. The number of hydrogen-bond acceptors (Lipinski definition) is 4. The summed E-state index contributed by atoms with van der Waals surface area (Å²) in [4.78, 5) is 0. The molecule has 2 atom stereocenters. The van der Waals surface area contributed by atoms with E-state index in [1.165, 1.54) is 0 Å². The first-order valence-electron chi connectivity index (χ1n) is 7.54. The van der Waals surface area contributed by atoms with E-state index < -0.39 is 0 Å². The molecule has 4 rings (SSSR count). The highest BCUT2D eigenvalue weighted by Gasteiger charge is 2.43. The summed E-state index contributed by atoms with van der Waals surface area (Å²) in [6.07, 6.45) is -0.196. The van der Waals surface area contributed by atoms with Crippen LogP contribution in [-0.4, -0.2) is 39.7 Å². The van der Waals surface area contributed by atoms with Gasteiger partial charge in [0.05, 0.1) is 25.4 Å². The Morgan fingerprint density at radius 2 is 1.05 bits per heavy atom. The normalized spacial score (nSPS) is 24.9. The molecule has 6 heteroatoms. The van der Waals surface area contributed by atoms with Gasteiger partial charge in [-0.1, -0.05) is 60.7 Å². The summed E-state index contributed by atoms with van der Waals surface area (Å²) in [5.41, 5.74) is 2.04. The monoisotopic (exact) mass is 294 g/mol. The summed E-state index contributed by atoms with van der Waals surface area (Å²) in [5.74, 6) is 0. The predicted octanol–water partition coefficient (Wildman–Crippen LogP) is 0.608. The van der Waals surface area contributed by atoms with Crippen molar-refractivity contribution in [3.8, 4) is 0 Å². The molecule has 0 amide bonds. The molecule has 0 radical (unpaired) electrons. The van der Waals surface area contributed by atoms with Crippen molar-refractivity contribution in [3.63, 3.8) is 0 Å². The van der Waals surface area contributed by atoms with Crippen LogP contribution in [0.4, 0.5) is 0 Å². The van der Waals surface area contributed by atoms with E-state index in [-0.39, 0.29) is 26.4 Å². The lowest BCUT2D eigenvalue weighted by Gasteiger charge is -2.40. The van der Waals surface area contributed by atoms with Crippen LogP contribution in [-0.2, 0) is 18.6 Å². The van der Waals surface area contributed by atoms with Crippen LogP contribution in [0.25, 0.3) is 0 Å². The Bertz CT molecular complexity index is 555. The smallest absolute Gasteiger partial charge is 0.405 e. The molecule has 0 unspecified atom stereocenters. The van der Waals surface area contributed by atoms with Crippen LogP contribution in [0.3, 0.4) is 0 Å². The van der Waals surface area contributed by atoms with Crippen molar-refractivity contribution in [1.29, 1.82) is 0 Å². The van der Waals surface area contributed by atoms with Crippen LogP contribution in [0.1, 0.15) is 0 Å². The zero-order chi connectivity index (χ0) is 14.8. The highest BCUT2D eigenvalue weighted by atomic mass is 16.7. The van der Waals surface area contributed by atoms with Crippen LogP contribution in [0.15, 0.2) is 60.7 Å². The molecule has 2 saturated heterocycles. The van der Waals surface area contributed by atoms with Gasteiger partial charge in [0, 0.05) is 0 Å². The lowest BCUT2D eigenvalue weighted by atomic mass is 9.75. The minimum atomic E-state index is -0.345. The van der Waals surface area contributed by atoms with Crippen molar-refractivity contribution < 1.29 is 18.6 Å². The van der Waals surface area contributed by atoms with Crippen LogP contribution in [0, 0.1) is 0 Å². The van der Waals surface area contributed by atoms with Crippen molar-refractivity contribution >= 4 is 25.2 Å². The molecule has 0 bridgehead atoms. The molecule has 0 N–H and O–H groups in total. The van der Waals surface area contributed by atoms with Gasteiger partial charge in [0.2, 0.25) is 0 Å². The van der Waals surface area contributed by atoms with Gasteiger partial charge in [-0.05, 0) is 10.9 Å². The van der Waals surface area contributed by atoms with Crippen molar-refractivity contribution in [1.82, 2.24) is 0 Å². The molecule has 2 aliphatic rings. The highest BCUT2D eigenvalue weighted by molar-refractivity contribution is 6.62. The quantitative estimate of drug-likeness (QED) is 0.760. The van der Waals surface area contributed by atoms with Crippen molar-refractivity contribution in [2.24, 2.45) is 0 Å². The SMILES string of the molecule is c1ccc(B2OC[C@@H]3OB(c4ccccc4)OC[C@@H]3O2)cc1. The predicted molar refractivity (Wildman–Crippen MR) is 85.3 cm³/mol. The van der Waals surface area contributed by atoms with Crippen LogP contribution >= 0.6 is 0 Å². The fraction of sp³-hybridized carbons (Fsp3) is 0.250. The van der Waals surface area contributed by atoms with E-state index in [0.717, 1.165) is 10.9 Å². The Morgan fingerprint density at radius 1 is 0.636 bits per heavy atom. The van der Waals surface area contributed by atoms with E-state index in [2.05, 4.69) is 0 Å². The third-order valence-electron chi connectivity index (χ3n) is 3.98. The molecule has 2 heterocycles. The van der Waals surface area contributed by atoms with Crippen molar-refractivity contribution in [2.45, 2.75) is 12.2 Å². The lowest BCUT2D eigenvalue weighted by molar-refractivity contribution is -0.0884. The second-order valence-electron chi connectivity index (χ2n) is 5.50. The summed E-state index contributed by atoms with van der Waals surface area (Å²) in [5, 5.41) is 0. The standard InChI is InChI=1S/C16H16B2O4/c1-3-7-13(8-4-1)17-19-11-16-15(21-17)12-20-18(22-16)14-9-5-2-6-10-14/h1-10,15-16H,11-12H2/t15-,16-/m0/s1. The summed E-state index contributed by atoms with van der Waals surface area (Å²) < 4.78 is 23.6. The first kappa shape index (κ1) is 14.0. The minimum absolute atomic E-state index is 0.0982. The molecule has 2 aromatic carbocycles. The lowest BCUT2D eigenvalue weighted by Crippen LogP contribution is -2.60. The van der Waals surface area contributed by atoms with E-state index in [0.29, 0.717) is 13.2 Å². The van der Waals surface area contributed by atoms with Gasteiger partial charge in [0.25, 0.3) is 0 Å². The van der Waals surface area contributed by atoms with E-state index in [4.69, 9.17) is 18.6 Å². The van der Waals surface area contributed by atoms with E-state index in [1.54, 1.807) is 0 Å². The van der Waals surface area contributed by atoms with Gasteiger partial charge < -0.3 is 18.6 Å². The third-order valence-corrected chi connectivity index (χ3v) is 3.98. The summed E-state index contributed by atoms with van der Waals surface area (Å²) in [6, 6.07) is 19.9. The molecule has 4 nitrogen and oxygen atoms in total. The molecule has 0 aliphatic carbocycles. The molecule has 0 spiro atoms. The van der Waals surface area contributed by atoms with Crippen LogP contribution < -0.4 is 10.9 Å². The second-order valence-corrected chi connectivity index (χ2v) is 5.50. The van der Waals surface area contributed by atoms with Crippen LogP contribution in [0.2, 0.25) is 0 Å². The zero-order valence-corrected chi connectivity index (χ0v) is 12.1. The zero-order valence-electron chi connectivity index (χ0n) is 12.1. The van der Waals surface area contributed by atoms with Gasteiger partial charge in [-0.15, -0.1) is 0 Å². The minimum Gasteiger partial charge on any atom is -0.405 e.